The SMILES string of the molecule is FC(F)(F)c1cccc(Cc2ccccc2-c2ncn[nH]2)c1. The predicted molar refractivity (Wildman–Crippen MR) is 76.1 cm³/mol. The van der Waals surface area contributed by atoms with Crippen molar-refractivity contribution in [2.45, 2.75) is 12.6 Å². The van der Waals surface area contributed by atoms with Gasteiger partial charge in [0.2, 0.25) is 0 Å². The van der Waals surface area contributed by atoms with Crippen molar-refractivity contribution in [3.05, 3.63) is 71.5 Å². The standard InChI is InChI=1S/C16H12F3N3/c17-16(18,19)13-6-3-4-11(9-13)8-12-5-1-2-7-14(12)15-20-10-21-22-15/h1-7,9-10H,8H2,(H,20,21,22). The minimum absolute atomic E-state index is 0.390. The van der Waals surface area contributed by atoms with Crippen molar-refractivity contribution in [2.75, 3.05) is 0 Å². The Hall–Kier alpha value is -2.63. The van der Waals surface area contributed by atoms with E-state index in [1.807, 2.05) is 24.3 Å². The molecule has 0 radical (unpaired) electrons. The van der Waals surface area contributed by atoms with Gasteiger partial charge in [-0.1, -0.05) is 42.5 Å². The zero-order valence-electron chi connectivity index (χ0n) is 11.4. The molecule has 0 unspecified atom stereocenters. The molecular weight excluding hydrogens is 291 g/mol. The summed E-state index contributed by atoms with van der Waals surface area (Å²) in [4.78, 5) is 4.10. The van der Waals surface area contributed by atoms with Crippen LogP contribution in [0.1, 0.15) is 16.7 Å². The summed E-state index contributed by atoms with van der Waals surface area (Å²) in [5.41, 5.74) is 1.68. The fraction of sp³-hybridized carbons (Fsp3) is 0.125. The lowest BCUT2D eigenvalue weighted by molar-refractivity contribution is -0.137. The van der Waals surface area contributed by atoms with E-state index in [1.54, 1.807) is 6.07 Å². The highest BCUT2D eigenvalue weighted by atomic mass is 19.4. The van der Waals surface area contributed by atoms with Crippen molar-refractivity contribution in [3.63, 3.8) is 0 Å². The summed E-state index contributed by atoms with van der Waals surface area (Å²) in [5.74, 6) is 0.600. The molecule has 0 saturated heterocycles. The zero-order chi connectivity index (χ0) is 15.6. The second-order valence-electron chi connectivity index (χ2n) is 4.87. The Kier molecular flexibility index (Phi) is 3.66. The number of halogens is 3. The molecule has 3 aromatic rings. The number of H-pyrrole nitrogens is 1. The van der Waals surface area contributed by atoms with Gasteiger partial charge < -0.3 is 0 Å². The van der Waals surface area contributed by atoms with Gasteiger partial charge in [-0.15, -0.1) is 0 Å². The number of aromatic nitrogens is 3. The minimum atomic E-state index is -4.33. The molecule has 1 heterocycles. The Morgan fingerprint density at radius 2 is 1.82 bits per heavy atom. The average molecular weight is 303 g/mol. The number of aromatic amines is 1. The van der Waals surface area contributed by atoms with E-state index in [4.69, 9.17) is 0 Å². The molecule has 1 N–H and O–H groups in total. The van der Waals surface area contributed by atoms with E-state index in [0.717, 1.165) is 17.2 Å². The van der Waals surface area contributed by atoms with Crippen LogP contribution >= 0.6 is 0 Å². The fourth-order valence-electron chi connectivity index (χ4n) is 2.32. The summed E-state index contributed by atoms with van der Waals surface area (Å²) in [6.07, 6.45) is -2.54. The number of benzene rings is 2. The number of hydrogen-bond acceptors (Lipinski definition) is 2. The van der Waals surface area contributed by atoms with Crippen molar-refractivity contribution in [2.24, 2.45) is 0 Å². The van der Waals surface area contributed by atoms with Gasteiger partial charge in [-0.3, -0.25) is 5.10 Å². The number of nitrogens with one attached hydrogen (secondary N) is 1. The largest absolute Gasteiger partial charge is 0.416 e. The van der Waals surface area contributed by atoms with Crippen LogP contribution in [0, 0.1) is 0 Å². The second-order valence-corrected chi connectivity index (χ2v) is 4.87. The van der Waals surface area contributed by atoms with Crippen LogP contribution in [0.2, 0.25) is 0 Å². The van der Waals surface area contributed by atoms with Crippen molar-refractivity contribution < 1.29 is 13.2 Å². The molecule has 0 amide bonds. The maximum absolute atomic E-state index is 12.8. The van der Waals surface area contributed by atoms with Crippen molar-refractivity contribution in [3.8, 4) is 11.4 Å². The monoisotopic (exact) mass is 303 g/mol. The van der Waals surface area contributed by atoms with E-state index in [0.29, 0.717) is 17.8 Å². The van der Waals surface area contributed by atoms with Crippen LogP contribution in [0.5, 0.6) is 0 Å². The van der Waals surface area contributed by atoms with Gasteiger partial charge in [0.15, 0.2) is 5.82 Å². The molecule has 1 aromatic heterocycles. The molecule has 3 rings (SSSR count). The summed E-state index contributed by atoms with van der Waals surface area (Å²) in [5, 5.41) is 6.58. The lowest BCUT2D eigenvalue weighted by atomic mass is 9.98. The van der Waals surface area contributed by atoms with Gasteiger partial charge in [-0.25, -0.2) is 4.98 Å². The van der Waals surface area contributed by atoms with E-state index in [-0.39, 0.29) is 0 Å². The Bertz CT molecular complexity index is 764. The summed E-state index contributed by atoms with van der Waals surface area (Å²) < 4.78 is 38.4. The lowest BCUT2D eigenvalue weighted by Crippen LogP contribution is -2.05. The molecule has 2 aromatic carbocycles. The molecule has 112 valence electrons. The first-order valence-electron chi connectivity index (χ1n) is 6.64. The molecule has 0 fully saturated rings. The van der Waals surface area contributed by atoms with Crippen LogP contribution in [0.15, 0.2) is 54.9 Å². The molecule has 6 heteroatoms. The van der Waals surface area contributed by atoms with Crippen LogP contribution < -0.4 is 0 Å². The Labute approximate surface area is 124 Å². The number of hydrogen-bond donors (Lipinski definition) is 1. The topological polar surface area (TPSA) is 41.6 Å². The Balaban J connectivity index is 1.95. The normalized spacial score (nSPS) is 11.6. The highest BCUT2D eigenvalue weighted by Crippen LogP contribution is 2.30. The minimum Gasteiger partial charge on any atom is -0.259 e. The first kappa shape index (κ1) is 14.3. The number of rotatable bonds is 3. The van der Waals surface area contributed by atoms with Gasteiger partial charge in [0.05, 0.1) is 5.56 Å². The third kappa shape index (κ3) is 3.00. The van der Waals surface area contributed by atoms with Gasteiger partial charge in [0, 0.05) is 5.56 Å². The quantitative estimate of drug-likeness (QED) is 0.792. The third-order valence-electron chi connectivity index (χ3n) is 3.34. The van der Waals surface area contributed by atoms with Gasteiger partial charge in [0.25, 0.3) is 0 Å². The van der Waals surface area contributed by atoms with Gasteiger partial charge in [-0.2, -0.15) is 18.3 Å². The summed E-state index contributed by atoms with van der Waals surface area (Å²) >= 11 is 0. The van der Waals surface area contributed by atoms with Crippen molar-refractivity contribution >= 4 is 0 Å². The van der Waals surface area contributed by atoms with Gasteiger partial charge in [0.1, 0.15) is 6.33 Å². The van der Waals surface area contributed by atoms with Crippen molar-refractivity contribution in [1.82, 2.24) is 15.2 Å². The molecule has 0 aliphatic rings. The Morgan fingerprint density at radius 1 is 1.00 bits per heavy atom. The molecule has 0 atom stereocenters. The molecule has 0 saturated carbocycles. The third-order valence-corrected chi connectivity index (χ3v) is 3.34. The highest BCUT2D eigenvalue weighted by molar-refractivity contribution is 5.60. The van der Waals surface area contributed by atoms with E-state index >= 15 is 0 Å². The molecule has 3 nitrogen and oxygen atoms in total. The summed E-state index contributed by atoms with van der Waals surface area (Å²) in [7, 11) is 0. The van der Waals surface area contributed by atoms with E-state index < -0.39 is 11.7 Å². The van der Waals surface area contributed by atoms with Crippen LogP contribution in [-0.2, 0) is 12.6 Å². The second kappa shape index (κ2) is 5.63. The number of alkyl halides is 3. The molecule has 0 bridgehead atoms. The van der Waals surface area contributed by atoms with E-state index in [9.17, 15) is 13.2 Å². The molecule has 0 spiro atoms. The molecule has 0 aliphatic heterocycles. The highest BCUT2D eigenvalue weighted by Gasteiger charge is 2.30. The van der Waals surface area contributed by atoms with Gasteiger partial charge >= 0.3 is 6.18 Å². The molecular formula is C16H12F3N3. The molecule has 0 aliphatic carbocycles. The zero-order valence-corrected chi connectivity index (χ0v) is 11.4. The maximum atomic E-state index is 12.8. The van der Waals surface area contributed by atoms with Crippen molar-refractivity contribution in [1.29, 1.82) is 0 Å². The van der Waals surface area contributed by atoms with E-state index in [1.165, 1.54) is 18.5 Å². The van der Waals surface area contributed by atoms with Crippen LogP contribution in [0.25, 0.3) is 11.4 Å². The summed E-state index contributed by atoms with van der Waals surface area (Å²) in [6.45, 7) is 0. The molecule has 22 heavy (non-hydrogen) atoms. The average Bonchev–Trinajstić information content (AvgIpc) is 3.01. The fourth-order valence-corrected chi connectivity index (χ4v) is 2.32. The van der Waals surface area contributed by atoms with Crippen LogP contribution in [0.3, 0.4) is 0 Å². The first-order chi connectivity index (χ1) is 10.5. The maximum Gasteiger partial charge on any atom is 0.416 e. The van der Waals surface area contributed by atoms with Crippen LogP contribution in [0.4, 0.5) is 13.2 Å². The lowest BCUT2D eigenvalue weighted by Gasteiger charge is -2.10. The van der Waals surface area contributed by atoms with E-state index in [2.05, 4.69) is 15.2 Å². The summed E-state index contributed by atoms with van der Waals surface area (Å²) in [6, 6.07) is 12.8. The van der Waals surface area contributed by atoms with Gasteiger partial charge in [-0.05, 0) is 23.6 Å². The smallest absolute Gasteiger partial charge is 0.259 e. The first-order valence-corrected chi connectivity index (χ1v) is 6.64. The predicted octanol–water partition coefficient (Wildman–Crippen LogP) is 4.08. The van der Waals surface area contributed by atoms with Crippen LogP contribution in [-0.4, -0.2) is 15.2 Å². The number of nitrogens with zero attached hydrogens (tertiary/aromatic N) is 2. The Morgan fingerprint density at radius 3 is 2.55 bits per heavy atom.